The lowest BCUT2D eigenvalue weighted by Crippen LogP contribution is -2.62. The van der Waals surface area contributed by atoms with Crippen molar-refractivity contribution in [1.29, 1.82) is 0 Å². The number of piperidine rings is 2. The molecule has 0 aliphatic carbocycles. The molecule has 4 aromatic rings. The highest BCUT2D eigenvalue weighted by Crippen LogP contribution is 2.30. The Kier molecular flexibility index (Phi) is 12.5. The molecule has 1 aromatic carbocycles. The second kappa shape index (κ2) is 18.0. The normalized spacial score (nSPS) is 19.9. The van der Waals surface area contributed by atoms with Crippen molar-refractivity contribution in [2.24, 2.45) is 0 Å². The highest BCUT2D eigenvalue weighted by Gasteiger charge is 2.39. The molecule has 4 saturated heterocycles. The Hall–Kier alpha value is -5.97. The number of nitrogens with zero attached hydrogens (tertiary/aromatic N) is 9. The maximum atomic E-state index is 15.6. The number of fused-ring (bicyclic) bond motifs is 1. The molecule has 4 aliphatic heterocycles. The molecule has 22 heteroatoms. The van der Waals surface area contributed by atoms with E-state index in [9.17, 15) is 32.4 Å². The molecule has 1 atom stereocenters. The summed E-state index contributed by atoms with van der Waals surface area (Å²) in [5, 5.41) is 2.62. The first-order valence-corrected chi connectivity index (χ1v) is 22.3. The number of benzene rings is 1. The van der Waals surface area contributed by atoms with Crippen molar-refractivity contribution in [3.63, 3.8) is 0 Å². The second-order valence-corrected chi connectivity index (χ2v) is 17.9. The number of hydrogen-bond acceptors (Lipinski definition) is 13. The fourth-order valence-corrected chi connectivity index (χ4v) is 9.49. The molecule has 0 saturated carbocycles. The van der Waals surface area contributed by atoms with Gasteiger partial charge in [0.2, 0.25) is 35.4 Å². The molecule has 334 valence electrons. The molecule has 8 rings (SSSR count). The van der Waals surface area contributed by atoms with Crippen LogP contribution in [0.5, 0.6) is 0 Å². The first-order valence-electron chi connectivity index (χ1n) is 20.9. The number of H-pyrrole nitrogens is 1. The molecule has 63 heavy (non-hydrogen) atoms. The molecule has 1 unspecified atom stereocenters. The fourth-order valence-electron chi connectivity index (χ4n) is 8.56. The Morgan fingerprint density at radius 1 is 0.921 bits per heavy atom. The average molecular weight is 891 g/mol. The van der Waals surface area contributed by atoms with Gasteiger partial charge in [-0.1, -0.05) is 6.92 Å². The number of hydrogen-bond donors (Lipinski definition) is 3. The fraction of sp³-hybridized carbons (Fsp3) is 0.463. The van der Waals surface area contributed by atoms with Gasteiger partial charge in [-0.15, -0.1) is 0 Å². The zero-order valence-electron chi connectivity index (χ0n) is 34.8. The molecule has 3 aromatic heterocycles. The van der Waals surface area contributed by atoms with Crippen molar-refractivity contribution in [1.82, 2.24) is 49.2 Å². The Morgan fingerprint density at radius 3 is 2.32 bits per heavy atom. The summed E-state index contributed by atoms with van der Waals surface area (Å²) in [7, 11) is -2.87. The lowest BCUT2D eigenvalue weighted by Gasteiger charge is -2.44. The van der Waals surface area contributed by atoms with Crippen molar-refractivity contribution in [2.45, 2.75) is 44.7 Å². The Labute approximate surface area is 362 Å². The summed E-state index contributed by atoms with van der Waals surface area (Å²) in [4.78, 5) is 90.0. The van der Waals surface area contributed by atoms with Gasteiger partial charge in [0.05, 0.1) is 24.3 Å². The van der Waals surface area contributed by atoms with E-state index in [-0.39, 0.29) is 59.9 Å². The number of likely N-dealkylation sites (tertiary alicyclic amines) is 1. The largest absolute Gasteiger partial charge is 0.345 e. The van der Waals surface area contributed by atoms with Gasteiger partial charge in [-0.05, 0) is 37.5 Å². The van der Waals surface area contributed by atoms with Crippen LogP contribution in [-0.4, -0.2) is 173 Å². The molecule has 3 N–H and O–H groups in total. The number of anilines is 2. The van der Waals surface area contributed by atoms with E-state index >= 15 is 8.78 Å². The number of amides is 4. The van der Waals surface area contributed by atoms with Crippen molar-refractivity contribution in [3.8, 4) is 11.1 Å². The van der Waals surface area contributed by atoms with Gasteiger partial charge in [0.25, 0.3) is 0 Å². The van der Waals surface area contributed by atoms with Crippen molar-refractivity contribution in [3.05, 3.63) is 65.7 Å². The summed E-state index contributed by atoms with van der Waals surface area (Å²) >= 11 is 0. The average Bonchev–Trinajstić information content (AvgIpc) is 3.71. The van der Waals surface area contributed by atoms with Crippen molar-refractivity contribution < 1.29 is 41.2 Å². The van der Waals surface area contributed by atoms with E-state index in [2.05, 4.69) is 39.8 Å². The van der Waals surface area contributed by atoms with Crippen molar-refractivity contribution >= 4 is 62.3 Å². The minimum atomic E-state index is -4.16. The number of aromatic nitrogens is 4. The van der Waals surface area contributed by atoms with Crippen LogP contribution in [0.3, 0.4) is 0 Å². The predicted octanol–water partition coefficient (Wildman–Crippen LogP) is 1.20. The predicted molar refractivity (Wildman–Crippen MR) is 225 cm³/mol. The molecule has 0 radical (unpaired) electrons. The van der Waals surface area contributed by atoms with Gasteiger partial charge in [0.1, 0.15) is 17.5 Å². The number of carbonyl (C=O) groups excluding carboxylic acids is 5. The second-order valence-electron chi connectivity index (χ2n) is 16.1. The first-order chi connectivity index (χ1) is 30.2. The Bertz CT molecular complexity index is 2540. The van der Waals surface area contributed by atoms with Crippen LogP contribution in [0.4, 0.5) is 20.4 Å². The van der Waals surface area contributed by atoms with Gasteiger partial charge >= 0.3 is 10.2 Å². The van der Waals surface area contributed by atoms with Crippen LogP contribution in [0.2, 0.25) is 0 Å². The molecular formula is C41H48F2N12O7S. The molecule has 4 fully saturated rings. The van der Waals surface area contributed by atoms with Crippen LogP contribution >= 0.6 is 0 Å². The number of rotatable bonds is 12. The van der Waals surface area contributed by atoms with Crippen LogP contribution in [0.15, 0.2) is 43.0 Å². The topological polar surface area (TPSA) is 217 Å². The molecular weight excluding hydrogens is 843 g/mol. The van der Waals surface area contributed by atoms with Crippen LogP contribution in [-0.2, 0) is 29.4 Å². The summed E-state index contributed by atoms with van der Waals surface area (Å²) in [6.45, 7) is 6.84. The zero-order valence-corrected chi connectivity index (χ0v) is 35.7. The smallest absolute Gasteiger partial charge is 0.301 e. The van der Waals surface area contributed by atoms with Crippen molar-refractivity contribution in [2.75, 3.05) is 88.7 Å². The highest BCUT2D eigenvalue weighted by molar-refractivity contribution is 7.90. The van der Waals surface area contributed by atoms with E-state index in [1.54, 1.807) is 36.5 Å². The number of ketones is 1. The van der Waals surface area contributed by atoms with Gasteiger partial charge in [-0.25, -0.2) is 23.7 Å². The summed E-state index contributed by atoms with van der Waals surface area (Å²) < 4.78 is 58.7. The van der Waals surface area contributed by atoms with E-state index in [0.717, 1.165) is 42.4 Å². The van der Waals surface area contributed by atoms with E-state index < -0.39 is 50.8 Å². The number of pyridine rings is 1. The number of imide groups is 1. The van der Waals surface area contributed by atoms with E-state index in [4.69, 9.17) is 0 Å². The minimum absolute atomic E-state index is 0.0468. The monoisotopic (exact) mass is 890 g/mol. The standard InChI is InChI=1S/C41H48F2N12O7S/c1-3-50(2)63(61,62)49-31-5-4-30(42)36(37(31)43)38(59)29-22-45-39-28(29)18-25(19-44-39)26-20-46-41(47-21-26)53-14-12-52(13-15-53)34(57)23-51-10-8-27(9-11-51)54-16-17-55(35(58)24-54)32-6-7-33(56)48-40(32)60/h4-5,18-22,27,32,49H,3,6-17,23-24H2,1-2H3,(H,44,45)(H,48,56,60). The summed E-state index contributed by atoms with van der Waals surface area (Å²) in [6, 6.07) is 2.99. The van der Waals surface area contributed by atoms with Crippen LogP contribution in [0.25, 0.3) is 22.2 Å². The lowest BCUT2D eigenvalue weighted by molar-refractivity contribution is -0.150. The molecule has 0 bridgehead atoms. The maximum absolute atomic E-state index is 15.6. The van der Waals surface area contributed by atoms with Gasteiger partial charge in [-0.3, -0.25) is 43.8 Å². The molecule has 0 spiro atoms. The minimum Gasteiger partial charge on any atom is -0.345 e. The molecule has 4 aliphatic rings. The highest BCUT2D eigenvalue weighted by atomic mass is 32.2. The van der Waals surface area contributed by atoms with Gasteiger partial charge in [0, 0.05) is 125 Å². The van der Waals surface area contributed by atoms with Crippen LogP contribution < -0.4 is 14.9 Å². The Morgan fingerprint density at radius 2 is 1.63 bits per heavy atom. The van der Waals surface area contributed by atoms with Gasteiger partial charge in [-0.2, -0.15) is 12.7 Å². The van der Waals surface area contributed by atoms with Crippen LogP contribution in [0.1, 0.15) is 48.5 Å². The van der Waals surface area contributed by atoms with E-state index in [1.807, 2.05) is 9.80 Å². The lowest BCUT2D eigenvalue weighted by atomic mass is 10.00. The third kappa shape index (κ3) is 9.11. The first kappa shape index (κ1) is 43.7. The van der Waals surface area contributed by atoms with Gasteiger partial charge < -0.3 is 19.7 Å². The van der Waals surface area contributed by atoms with E-state index in [1.165, 1.54) is 13.2 Å². The Balaban J connectivity index is 0.830. The summed E-state index contributed by atoms with van der Waals surface area (Å²) in [5.41, 5.74) is -0.181. The quantitative estimate of drug-likeness (QED) is 0.135. The number of piperazine rings is 2. The SMILES string of the molecule is CCN(C)S(=O)(=O)Nc1ccc(F)c(C(=O)c2c[nH]c3ncc(-c4cnc(N5CCN(C(=O)CN6CCC(N7CCN(C8CCC(=O)NC8=O)C(=O)C7)CC6)CC5)nc4)cc23)c1F. The molecule has 7 heterocycles. The van der Waals surface area contributed by atoms with E-state index in [0.29, 0.717) is 69.3 Å². The maximum Gasteiger partial charge on any atom is 0.301 e. The number of halogens is 2. The molecule has 19 nitrogen and oxygen atoms in total. The summed E-state index contributed by atoms with van der Waals surface area (Å²) in [6.07, 6.45) is 8.29. The third-order valence-corrected chi connectivity index (χ3v) is 13.9. The number of aromatic amines is 1. The number of nitrogens with one attached hydrogen (secondary N) is 3. The third-order valence-electron chi connectivity index (χ3n) is 12.4. The number of carbonyl (C=O) groups is 5. The van der Waals surface area contributed by atoms with Gasteiger partial charge in [0.15, 0.2) is 5.82 Å². The zero-order chi connectivity index (χ0) is 44.6. The molecule has 4 amide bonds. The van der Waals surface area contributed by atoms with Crippen LogP contribution in [0, 0.1) is 11.6 Å². The summed E-state index contributed by atoms with van der Waals surface area (Å²) in [5.74, 6) is -3.81.